The van der Waals surface area contributed by atoms with E-state index in [1.54, 1.807) is 7.05 Å². The number of hydrogen-bond acceptors (Lipinski definition) is 3. The van der Waals surface area contributed by atoms with Crippen molar-refractivity contribution in [3.05, 3.63) is 0 Å². The van der Waals surface area contributed by atoms with Crippen molar-refractivity contribution in [3.63, 3.8) is 0 Å². The molecular weight excluding hydrogens is 172 g/mol. The summed E-state index contributed by atoms with van der Waals surface area (Å²) in [6.45, 7) is 0. The van der Waals surface area contributed by atoms with Crippen LogP contribution < -0.4 is 10.0 Å². The Bertz CT molecular complexity index is 155. The average Bonchev–Trinajstić information content (AvgIpc) is 2.17. The van der Waals surface area contributed by atoms with Crippen molar-refractivity contribution in [2.45, 2.75) is 31.7 Å². The van der Waals surface area contributed by atoms with E-state index in [0.717, 1.165) is 25.7 Å². The van der Waals surface area contributed by atoms with Gasteiger partial charge in [0.25, 0.3) is 0 Å². The fourth-order valence-corrected chi connectivity index (χ4v) is 1.95. The molecule has 0 aromatic carbocycles. The predicted molar refractivity (Wildman–Crippen MR) is 51.9 cm³/mol. The quantitative estimate of drug-likeness (QED) is 0.559. The standard InChI is InChI=1S/C8H16N2OS/c1-9-8(11)6-2-4-7(10-12)5-3-6/h6-7,10,12H,2-5H2,1H3,(H,9,11)/t6-,7+. The zero-order chi connectivity index (χ0) is 8.97. The highest BCUT2D eigenvalue weighted by Crippen LogP contribution is 2.24. The van der Waals surface area contributed by atoms with Gasteiger partial charge in [0.15, 0.2) is 0 Å². The van der Waals surface area contributed by atoms with Crippen LogP contribution in [0, 0.1) is 5.92 Å². The molecule has 3 nitrogen and oxygen atoms in total. The van der Waals surface area contributed by atoms with E-state index in [-0.39, 0.29) is 11.8 Å². The molecule has 4 heteroatoms. The Labute approximate surface area is 78.8 Å². The molecule has 0 unspecified atom stereocenters. The van der Waals surface area contributed by atoms with E-state index >= 15 is 0 Å². The molecule has 0 aromatic heterocycles. The monoisotopic (exact) mass is 188 g/mol. The number of hydrogen-bond donors (Lipinski definition) is 3. The molecule has 1 saturated carbocycles. The van der Waals surface area contributed by atoms with Crippen LogP contribution in [0.25, 0.3) is 0 Å². The lowest BCUT2D eigenvalue weighted by Crippen LogP contribution is -2.34. The van der Waals surface area contributed by atoms with Gasteiger partial charge >= 0.3 is 0 Å². The zero-order valence-corrected chi connectivity index (χ0v) is 8.23. The zero-order valence-electron chi connectivity index (χ0n) is 7.34. The van der Waals surface area contributed by atoms with Gasteiger partial charge in [-0.25, -0.2) is 0 Å². The number of nitrogens with one attached hydrogen (secondary N) is 2. The Morgan fingerprint density at radius 3 is 2.33 bits per heavy atom. The van der Waals surface area contributed by atoms with Crippen molar-refractivity contribution in [1.29, 1.82) is 0 Å². The van der Waals surface area contributed by atoms with Gasteiger partial charge < -0.3 is 5.32 Å². The van der Waals surface area contributed by atoms with Gasteiger partial charge in [-0.3, -0.25) is 9.52 Å². The van der Waals surface area contributed by atoms with Gasteiger partial charge in [0, 0.05) is 19.0 Å². The van der Waals surface area contributed by atoms with E-state index in [9.17, 15) is 4.79 Å². The Morgan fingerprint density at radius 2 is 1.92 bits per heavy atom. The molecule has 2 N–H and O–H groups in total. The van der Waals surface area contributed by atoms with Gasteiger partial charge in [0.1, 0.15) is 0 Å². The van der Waals surface area contributed by atoms with Gasteiger partial charge in [0.05, 0.1) is 0 Å². The maximum absolute atomic E-state index is 11.2. The van der Waals surface area contributed by atoms with Crippen molar-refractivity contribution < 1.29 is 4.79 Å². The molecule has 0 aliphatic heterocycles. The van der Waals surface area contributed by atoms with E-state index in [1.165, 1.54) is 0 Å². The second-order valence-electron chi connectivity index (χ2n) is 3.29. The normalized spacial score (nSPS) is 29.8. The van der Waals surface area contributed by atoms with E-state index in [2.05, 4.69) is 22.9 Å². The van der Waals surface area contributed by atoms with E-state index in [0.29, 0.717) is 6.04 Å². The highest BCUT2D eigenvalue weighted by molar-refractivity contribution is 7.78. The lowest BCUT2D eigenvalue weighted by Gasteiger charge is -2.26. The lowest BCUT2D eigenvalue weighted by molar-refractivity contribution is -0.125. The summed E-state index contributed by atoms with van der Waals surface area (Å²) in [5, 5.41) is 2.69. The molecule has 1 amide bonds. The summed E-state index contributed by atoms with van der Waals surface area (Å²) in [5.74, 6) is 0.417. The SMILES string of the molecule is CNC(=O)[C@H]1CC[C@@H](NS)CC1. The van der Waals surface area contributed by atoms with E-state index < -0.39 is 0 Å². The number of carbonyl (C=O) groups is 1. The van der Waals surface area contributed by atoms with Crippen LogP contribution in [-0.4, -0.2) is 19.0 Å². The first kappa shape index (κ1) is 9.86. The molecule has 12 heavy (non-hydrogen) atoms. The third kappa shape index (κ3) is 2.38. The summed E-state index contributed by atoms with van der Waals surface area (Å²) >= 11 is 4.02. The number of thiol groups is 1. The summed E-state index contributed by atoms with van der Waals surface area (Å²) in [6.07, 6.45) is 4.08. The molecule has 0 radical (unpaired) electrons. The topological polar surface area (TPSA) is 41.1 Å². The van der Waals surface area contributed by atoms with Gasteiger partial charge in [-0.15, -0.1) is 0 Å². The Hall–Kier alpha value is -0.220. The molecule has 0 atom stereocenters. The molecule has 1 aliphatic rings. The van der Waals surface area contributed by atoms with Crippen LogP contribution in [0.3, 0.4) is 0 Å². The largest absolute Gasteiger partial charge is 0.359 e. The summed E-state index contributed by atoms with van der Waals surface area (Å²) in [7, 11) is 1.70. The van der Waals surface area contributed by atoms with E-state index in [4.69, 9.17) is 0 Å². The molecule has 1 aliphatic carbocycles. The second kappa shape index (κ2) is 4.72. The Morgan fingerprint density at radius 1 is 1.33 bits per heavy atom. The highest BCUT2D eigenvalue weighted by atomic mass is 32.1. The van der Waals surface area contributed by atoms with Gasteiger partial charge in [-0.1, -0.05) is 12.8 Å². The Balaban J connectivity index is 2.30. The average molecular weight is 188 g/mol. The van der Waals surface area contributed by atoms with Gasteiger partial charge in [0.2, 0.25) is 5.91 Å². The fraction of sp³-hybridized carbons (Fsp3) is 0.875. The summed E-state index contributed by atoms with van der Waals surface area (Å²) in [4.78, 5) is 11.2. The van der Waals surface area contributed by atoms with Crippen molar-refractivity contribution in [2.24, 2.45) is 5.92 Å². The molecule has 1 rings (SSSR count). The van der Waals surface area contributed by atoms with Gasteiger partial charge in [-0.05, 0) is 25.7 Å². The first-order chi connectivity index (χ1) is 5.77. The number of carbonyl (C=O) groups excluding carboxylic acids is 1. The maximum Gasteiger partial charge on any atom is 0.222 e. The van der Waals surface area contributed by atoms with Crippen molar-refractivity contribution in [2.75, 3.05) is 7.05 Å². The Kier molecular flexibility index (Phi) is 3.88. The summed E-state index contributed by atoms with van der Waals surface area (Å²) in [6, 6.07) is 0.495. The van der Waals surface area contributed by atoms with Crippen molar-refractivity contribution in [3.8, 4) is 0 Å². The maximum atomic E-state index is 11.2. The van der Waals surface area contributed by atoms with Crippen LogP contribution in [0.1, 0.15) is 25.7 Å². The second-order valence-corrected chi connectivity index (χ2v) is 3.55. The van der Waals surface area contributed by atoms with Gasteiger partial charge in [-0.2, -0.15) is 0 Å². The molecule has 0 heterocycles. The first-order valence-electron chi connectivity index (χ1n) is 4.39. The fourth-order valence-electron chi connectivity index (χ4n) is 1.69. The molecular formula is C8H16N2OS. The molecule has 0 bridgehead atoms. The molecule has 0 aromatic rings. The van der Waals surface area contributed by atoms with Crippen LogP contribution in [0.4, 0.5) is 0 Å². The molecule has 1 fully saturated rings. The number of amides is 1. The minimum atomic E-state index is 0.188. The van der Waals surface area contributed by atoms with E-state index in [1.807, 2.05) is 0 Å². The third-order valence-corrected chi connectivity index (χ3v) is 2.89. The van der Waals surface area contributed by atoms with Crippen LogP contribution >= 0.6 is 12.8 Å². The molecule has 0 spiro atoms. The smallest absolute Gasteiger partial charge is 0.222 e. The lowest BCUT2D eigenvalue weighted by atomic mass is 9.86. The minimum absolute atomic E-state index is 0.188. The summed E-state index contributed by atoms with van der Waals surface area (Å²) in [5.41, 5.74) is 0. The summed E-state index contributed by atoms with van der Waals surface area (Å²) < 4.78 is 2.94. The van der Waals surface area contributed by atoms with Crippen LogP contribution in [0.15, 0.2) is 0 Å². The molecule has 70 valence electrons. The predicted octanol–water partition coefficient (Wildman–Crippen LogP) is 0.726. The third-order valence-electron chi connectivity index (χ3n) is 2.53. The highest BCUT2D eigenvalue weighted by Gasteiger charge is 2.24. The van der Waals surface area contributed by atoms with Crippen LogP contribution in [-0.2, 0) is 4.79 Å². The van der Waals surface area contributed by atoms with Crippen LogP contribution in [0.2, 0.25) is 0 Å². The number of rotatable bonds is 2. The van der Waals surface area contributed by atoms with Crippen LogP contribution in [0.5, 0.6) is 0 Å². The molecule has 0 saturated heterocycles. The van der Waals surface area contributed by atoms with Crippen molar-refractivity contribution >= 4 is 18.7 Å². The minimum Gasteiger partial charge on any atom is -0.359 e. The van der Waals surface area contributed by atoms with Crippen molar-refractivity contribution in [1.82, 2.24) is 10.0 Å². The first-order valence-corrected chi connectivity index (χ1v) is 4.84.